The average Bonchev–Trinajstić information content (AvgIpc) is 3.67. The molecular formula is C39H41N7O7. The number of ether oxygens (including phenoxy) is 2. The molecule has 3 amide bonds. The summed E-state index contributed by atoms with van der Waals surface area (Å²) in [5, 5.41) is 26.0. The molecule has 2 aromatic heterocycles. The number of benzene rings is 1. The Morgan fingerprint density at radius 2 is 1.66 bits per heavy atom. The molecule has 7 N–H and O–H groups in total. The van der Waals surface area contributed by atoms with Gasteiger partial charge in [0.1, 0.15) is 29.9 Å². The number of Topliss-reactive ketones (excluding diaryl/α,β-unsaturated/α-hetero) is 1. The maximum Gasteiger partial charge on any atom is 0.272 e. The number of fused-ring (bicyclic) bond motifs is 2. The van der Waals surface area contributed by atoms with E-state index < -0.39 is 17.6 Å². The fraction of sp³-hybridized carbons (Fsp3) is 0.308. The van der Waals surface area contributed by atoms with Crippen LogP contribution in [-0.4, -0.2) is 68.6 Å². The molecule has 2 aliphatic rings. The van der Waals surface area contributed by atoms with Crippen molar-refractivity contribution in [1.82, 2.24) is 14.5 Å². The zero-order valence-corrected chi connectivity index (χ0v) is 29.5. The molecule has 0 fully saturated rings. The summed E-state index contributed by atoms with van der Waals surface area (Å²) in [5.74, 6) is 9.73. The van der Waals surface area contributed by atoms with Gasteiger partial charge in [-0.1, -0.05) is 54.0 Å². The van der Waals surface area contributed by atoms with E-state index in [1.807, 2.05) is 24.3 Å². The Balaban J connectivity index is 1.09. The molecule has 53 heavy (non-hydrogen) atoms. The van der Waals surface area contributed by atoms with E-state index in [1.54, 1.807) is 59.9 Å². The highest BCUT2D eigenvalue weighted by Crippen LogP contribution is 2.33. The topological polar surface area (TPSA) is 203 Å². The minimum atomic E-state index is -1.23. The molecule has 3 aromatic rings. The molecule has 1 aromatic carbocycles. The van der Waals surface area contributed by atoms with Crippen LogP contribution in [-0.2, 0) is 46.2 Å². The van der Waals surface area contributed by atoms with E-state index >= 15 is 0 Å². The number of nitrogens with zero attached hydrogens (tertiary/aromatic N) is 2. The second-order valence-electron chi connectivity index (χ2n) is 12.6. The van der Waals surface area contributed by atoms with E-state index in [0.29, 0.717) is 35.6 Å². The number of nitrogens with one attached hydrogen (secondary N) is 4. The molecule has 2 aliphatic carbocycles. The minimum absolute atomic E-state index is 0.0276. The van der Waals surface area contributed by atoms with Gasteiger partial charge in [0.2, 0.25) is 5.91 Å². The van der Waals surface area contributed by atoms with E-state index in [4.69, 9.17) is 20.6 Å². The Hall–Kier alpha value is -6.19. The Bertz CT molecular complexity index is 2090. The number of hydrogen-bond donors (Lipinski definition) is 6. The van der Waals surface area contributed by atoms with E-state index in [0.717, 1.165) is 11.1 Å². The lowest BCUT2D eigenvalue weighted by atomic mass is 9.79. The molecule has 0 aliphatic heterocycles. The predicted octanol–water partition coefficient (Wildman–Crippen LogP) is 2.70. The lowest BCUT2D eigenvalue weighted by Gasteiger charge is -2.34. The number of hydrogen-bond acceptors (Lipinski definition) is 8. The van der Waals surface area contributed by atoms with Crippen LogP contribution < -0.4 is 21.7 Å². The highest BCUT2D eigenvalue weighted by molar-refractivity contribution is 6.06. The predicted molar refractivity (Wildman–Crippen MR) is 198 cm³/mol. The van der Waals surface area contributed by atoms with Crippen molar-refractivity contribution < 1.29 is 33.8 Å². The number of carbonyl (C=O) groups is 4. The number of aliphatic hydroxyl groups excluding tert-OH is 1. The van der Waals surface area contributed by atoms with Gasteiger partial charge >= 0.3 is 0 Å². The molecule has 2 heterocycles. The van der Waals surface area contributed by atoms with Crippen LogP contribution in [0, 0.1) is 29.1 Å². The van der Waals surface area contributed by atoms with Gasteiger partial charge in [0.25, 0.3) is 11.8 Å². The summed E-state index contributed by atoms with van der Waals surface area (Å²) in [7, 11) is 3.36. The van der Waals surface area contributed by atoms with Crippen LogP contribution in [0.3, 0.4) is 0 Å². The second kappa shape index (κ2) is 17.4. The lowest BCUT2D eigenvalue weighted by molar-refractivity contribution is -0.168. The summed E-state index contributed by atoms with van der Waals surface area (Å²) in [5.41, 5.74) is 7.39. The number of aryl methyl sites for hydroxylation is 2. The summed E-state index contributed by atoms with van der Waals surface area (Å²) in [6.45, 7) is 0.266. The number of aromatic nitrogens is 2. The van der Waals surface area contributed by atoms with Crippen molar-refractivity contribution in [1.29, 1.82) is 5.41 Å². The first-order valence-electron chi connectivity index (χ1n) is 16.9. The third-order valence-corrected chi connectivity index (χ3v) is 8.60. The number of carbonyl (C=O) groups excluding carboxylic acids is 4. The summed E-state index contributed by atoms with van der Waals surface area (Å²) in [6, 6.07) is 10.4. The molecule has 0 radical (unpaired) electrons. The van der Waals surface area contributed by atoms with Gasteiger partial charge in [0.05, 0.1) is 30.2 Å². The number of nitrogens with two attached hydrogens (primary N) is 1. The fourth-order valence-electron chi connectivity index (χ4n) is 5.84. The molecule has 0 spiro atoms. The van der Waals surface area contributed by atoms with Crippen LogP contribution >= 0.6 is 0 Å². The first kappa shape index (κ1) is 38.1. The molecule has 2 bridgehead atoms. The number of amides is 3. The highest BCUT2D eigenvalue weighted by Gasteiger charge is 2.44. The molecule has 2 atom stereocenters. The van der Waals surface area contributed by atoms with Crippen LogP contribution in [0.15, 0.2) is 72.6 Å². The van der Waals surface area contributed by atoms with Crippen molar-refractivity contribution in [3.8, 4) is 23.7 Å². The largest absolute Gasteiger partial charge is 0.388 e. The number of ketones is 1. The third-order valence-electron chi connectivity index (χ3n) is 8.60. The molecule has 14 nitrogen and oxygen atoms in total. The highest BCUT2D eigenvalue weighted by atomic mass is 16.7. The smallest absolute Gasteiger partial charge is 0.272 e. The molecule has 0 saturated carbocycles. The Kier molecular flexibility index (Phi) is 12.5. The first-order valence-corrected chi connectivity index (χ1v) is 16.9. The van der Waals surface area contributed by atoms with Gasteiger partial charge in [-0.3, -0.25) is 24.6 Å². The number of rotatable bonds is 14. The van der Waals surface area contributed by atoms with Gasteiger partial charge in [-0.25, -0.2) is 0 Å². The van der Waals surface area contributed by atoms with Crippen molar-refractivity contribution in [3.63, 3.8) is 0 Å². The molecule has 274 valence electrons. The van der Waals surface area contributed by atoms with Crippen molar-refractivity contribution in [2.24, 2.45) is 19.8 Å². The monoisotopic (exact) mass is 719 g/mol. The van der Waals surface area contributed by atoms with Crippen molar-refractivity contribution in [2.75, 3.05) is 24.0 Å². The summed E-state index contributed by atoms with van der Waals surface area (Å²) in [6.07, 6.45) is 8.25. The van der Waals surface area contributed by atoms with E-state index in [-0.39, 0.29) is 68.2 Å². The van der Waals surface area contributed by atoms with Gasteiger partial charge in [-0.05, 0) is 48.3 Å². The van der Waals surface area contributed by atoms with Gasteiger partial charge < -0.3 is 45.4 Å². The SMILES string of the molecule is Cn1cc(NC(=O)c2cc(NC(=O)Cc3ccc(COCO[C@@]45CC#C/C=C\C#C[C@H](O)C(=CCC4)C5=O)cc3)cn2C)cc1C(=O)NCCC(=N)N. The number of allylic oxidation sites excluding steroid dienone is 3. The summed E-state index contributed by atoms with van der Waals surface area (Å²) < 4.78 is 14.9. The average molecular weight is 720 g/mol. The first-order chi connectivity index (χ1) is 25.4. The fourth-order valence-corrected chi connectivity index (χ4v) is 5.84. The standard InChI is InChI=1S/C39H41N7O7/c1-45-23-29(21-31(45)37(50)42-18-15-34(40)41)44-38(51)32-20-28(22-46(32)2)43-35(48)19-26-11-13-27(14-12-26)24-52-25-53-39-16-7-5-3-4-6-10-33(47)30(36(39)49)9-8-17-39/h3-4,9,11-14,20-23,33,47H,8,15-19,24-25H2,1-2H3,(H3,40,41)(H,42,50)(H,43,48)(H,44,51)/b4-3-/t33-,39-/m0/s1. The lowest BCUT2D eigenvalue weighted by Crippen LogP contribution is -2.46. The molecule has 14 heteroatoms. The van der Waals surface area contributed by atoms with Crippen molar-refractivity contribution >= 4 is 40.7 Å². The Labute approximate surface area is 306 Å². The van der Waals surface area contributed by atoms with Crippen LogP contribution in [0.25, 0.3) is 0 Å². The Morgan fingerprint density at radius 3 is 2.38 bits per heavy atom. The second-order valence-corrected chi connectivity index (χ2v) is 12.6. The molecule has 0 saturated heterocycles. The van der Waals surface area contributed by atoms with E-state index in [2.05, 4.69) is 39.6 Å². The zero-order chi connectivity index (χ0) is 38.0. The summed E-state index contributed by atoms with van der Waals surface area (Å²) >= 11 is 0. The number of aliphatic hydroxyl groups is 1. The van der Waals surface area contributed by atoms with Gasteiger partial charge in [-0.15, -0.1) is 0 Å². The third kappa shape index (κ3) is 9.99. The van der Waals surface area contributed by atoms with Crippen molar-refractivity contribution in [3.05, 3.63) is 95.1 Å². The normalized spacial score (nSPS) is 18.2. The number of amidine groups is 1. The maximum absolute atomic E-state index is 13.3. The van der Waals surface area contributed by atoms with Crippen molar-refractivity contribution in [2.45, 2.75) is 50.4 Å². The van der Waals surface area contributed by atoms with Crippen LogP contribution in [0.2, 0.25) is 0 Å². The van der Waals surface area contributed by atoms with Crippen LogP contribution in [0.4, 0.5) is 11.4 Å². The van der Waals surface area contributed by atoms with E-state index in [9.17, 15) is 24.3 Å². The van der Waals surface area contributed by atoms with E-state index in [1.165, 1.54) is 6.08 Å². The Morgan fingerprint density at radius 1 is 1.00 bits per heavy atom. The minimum Gasteiger partial charge on any atom is -0.388 e. The molecule has 5 rings (SSSR count). The maximum atomic E-state index is 13.3. The van der Waals surface area contributed by atoms with Gasteiger partial charge in [0, 0.05) is 51.4 Å². The zero-order valence-electron chi connectivity index (χ0n) is 29.5. The van der Waals surface area contributed by atoms with Gasteiger partial charge in [-0.2, -0.15) is 0 Å². The molecule has 0 unspecified atom stereocenters. The number of anilines is 2. The quantitative estimate of drug-likeness (QED) is 0.0480. The summed E-state index contributed by atoms with van der Waals surface area (Å²) in [4.78, 5) is 51.8. The van der Waals surface area contributed by atoms with Crippen LogP contribution in [0.1, 0.15) is 57.8 Å². The van der Waals surface area contributed by atoms with Crippen LogP contribution in [0.5, 0.6) is 0 Å². The molecular weight excluding hydrogens is 678 g/mol. The van der Waals surface area contributed by atoms with Gasteiger partial charge in [0.15, 0.2) is 5.78 Å².